The maximum Gasteiger partial charge on any atom is 0.309 e. The lowest BCUT2D eigenvalue weighted by Crippen LogP contribution is -2.33. The molecule has 120 valence electrons. The molecule has 0 heterocycles. The minimum Gasteiger partial charge on any atom is -0.497 e. The van der Waals surface area contributed by atoms with Crippen LogP contribution in [0.3, 0.4) is 0 Å². The topological polar surface area (TPSA) is 61.8 Å². The quantitative estimate of drug-likeness (QED) is 0.800. The lowest BCUT2D eigenvalue weighted by molar-refractivity contribution is -0.152. The van der Waals surface area contributed by atoms with E-state index in [0.717, 1.165) is 11.3 Å². The fourth-order valence-electron chi connectivity index (χ4n) is 3.20. The first-order chi connectivity index (χ1) is 10.6. The third-order valence-electron chi connectivity index (χ3n) is 4.43. The van der Waals surface area contributed by atoms with Gasteiger partial charge in [-0.05, 0) is 42.9 Å². The van der Waals surface area contributed by atoms with Gasteiger partial charge in [-0.15, -0.1) is 0 Å². The van der Waals surface area contributed by atoms with Crippen LogP contribution in [0.4, 0.5) is 0 Å². The Morgan fingerprint density at radius 1 is 0.955 bits per heavy atom. The highest BCUT2D eigenvalue weighted by Gasteiger charge is 2.39. The Labute approximate surface area is 130 Å². The summed E-state index contributed by atoms with van der Waals surface area (Å²) in [5.41, 5.74) is 1.02. The SMILES string of the molecule is COC(=O)[C@@H]1CC[C@H](C(=O)OC)[C@@H](c2ccc(OC)cc2)C1. The average Bonchev–Trinajstić information content (AvgIpc) is 2.59. The molecule has 1 aliphatic carbocycles. The van der Waals surface area contributed by atoms with Crippen molar-refractivity contribution in [3.63, 3.8) is 0 Å². The van der Waals surface area contributed by atoms with E-state index >= 15 is 0 Å². The maximum absolute atomic E-state index is 12.1. The standard InChI is InChI=1S/C17H22O5/c1-20-13-7-4-11(5-8-13)15-10-12(16(18)21-2)6-9-14(15)17(19)22-3/h4-5,7-8,12,14-15H,6,9-10H2,1-3H3/t12-,14+,15-/m1/s1. The zero-order valence-corrected chi connectivity index (χ0v) is 13.2. The van der Waals surface area contributed by atoms with E-state index in [-0.39, 0.29) is 29.7 Å². The molecule has 2 rings (SSSR count). The molecular formula is C17H22O5. The molecule has 0 spiro atoms. The predicted octanol–water partition coefficient (Wildman–Crippen LogP) is 2.54. The van der Waals surface area contributed by atoms with Crippen molar-refractivity contribution in [2.45, 2.75) is 25.2 Å². The van der Waals surface area contributed by atoms with Gasteiger partial charge in [-0.25, -0.2) is 0 Å². The van der Waals surface area contributed by atoms with Crippen molar-refractivity contribution in [3.05, 3.63) is 29.8 Å². The summed E-state index contributed by atoms with van der Waals surface area (Å²) in [5, 5.41) is 0. The van der Waals surface area contributed by atoms with Crippen molar-refractivity contribution in [1.29, 1.82) is 0 Å². The number of carbonyl (C=O) groups is 2. The smallest absolute Gasteiger partial charge is 0.309 e. The summed E-state index contributed by atoms with van der Waals surface area (Å²) in [7, 11) is 4.41. The summed E-state index contributed by atoms with van der Waals surface area (Å²) < 4.78 is 14.9. The van der Waals surface area contributed by atoms with Gasteiger partial charge in [0.15, 0.2) is 0 Å². The first-order valence-corrected chi connectivity index (χ1v) is 7.40. The second-order valence-electron chi connectivity index (χ2n) is 5.54. The van der Waals surface area contributed by atoms with Crippen LogP contribution >= 0.6 is 0 Å². The average molecular weight is 306 g/mol. The molecule has 1 aromatic rings. The molecule has 0 N–H and O–H groups in total. The Balaban J connectivity index is 2.25. The summed E-state index contributed by atoms with van der Waals surface area (Å²) in [6, 6.07) is 7.62. The summed E-state index contributed by atoms with van der Waals surface area (Å²) >= 11 is 0. The minimum absolute atomic E-state index is 0.0452. The lowest BCUT2D eigenvalue weighted by Gasteiger charge is -2.33. The molecule has 1 aliphatic rings. The highest BCUT2D eigenvalue weighted by molar-refractivity contribution is 5.76. The monoisotopic (exact) mass is 306 g/mol. The highest BCUT2D eigenvalue weighted by Crippen LogP contribution is 2.42. The normalized spacial score (nSPS) is 24.4. The summed E-state index contributed by atoms with van der Waals surface area (Å²) in [5.74, 6) is -0.0989. The van der Waals surface area contributed by atoms with E-state index in [1.807, 2.05) is 24.3 Å². The zero-order valence-electron chi connectivity index (χ0n) is 13.2. The second kappa shape index (κ2) is 7.29. The van der Waals surface area contributed by atoms with Crippen molar-refractivity contribution in [2.75, 3.05) is 21.3 Å². The predicted molar refractivity (Wildman–Crippen MR) is 80.6 cm³/mol. The fourth-order valence-corrected chi connectivity index (χ4v) is 3.20. The molecule has 0 unspecified atom stereocenters. The molecule has 0 radical (unpaired) electrons. The Bertz CT molecular complexity index is 522. The molecule has 1 aromatic carbocycles. The molecule has 0 saturated heterocycles. The number of rotatable bonds is 4. The third-order valence-corrected chi connectivity index (χ3v) is 4.43. The number of hydrogen-bond donors (Lipinski definition) is 0. The zero-order chi connectivity index (χ0) is 16.1. The van der Waals surface area contributed by atoms with Crippen LogP contribution in [0.5, 0.6) is 5.75 Å². The van der Waals surface area contributed by atoms with E-state index in [9.17, 15) is 9.59 Å². The Hall–Kier alpha value is -2.04. The fraction of sp³-hybridized carbons (Fsp3) is 0.529. The van der Waals surface area contributed by atoms with Crippen LogP contribution in [0.25, 0.3) is 0 Å². The number of hydrogen-bond acceptors (Lipinski definition) is 5. The van der Waals surface area contributed by atoms with Gasteiger partial charge in [0.2, 0.25) is 0 Å². The van der Waals surface area contributed by atoms with Crippen molar-refractivity contribution in [2.24, 2.45) is 11.8 Å². The summed E-state index contributed by atoms with van der Waals surface area (Å²) in [6.07, 6.45) is 1.88. The van der Waals surface area contributed by atoms with Gasteiger partial charge in [0.1, 0.15) is 5.75 Å². The third kappa shape index (κ3) is 3.40. The van der Waals surface area contributed by atoms with Gasteiger partial charge in [-0.3, -0.25) is 9.59 Å². The van der Waals surface area contributed by atoms with Crippen molar-refractivity contribution in [3.8, 4) is 5.75 Å². The minimum atomic E-state index is -0.223. The Kier molecular flexibility index (Phi) is 5.41. The molecule has 5 heteroatoms. The number of carbonyl (C=O) groups excluding carboxylic acids is 2. The van der Waals surface area contributed by atoms with E-state index in [1.54, 1.807) is 7.11 Å². The number of ether oxygens (including phenoxy) is 3. The Morgan fingerprint density at radius 2 is 1.59 bits per heavy atom. The van der Waals surface area contributed by atoms with Gasteiger partial charge in [0.05, 0.1) is 33.2 Å². The molecule has 0 bridgehead atoms. The molecule has 5 nitrogen and oxygen atoms in total. The van der Waals surface area contributed by atoms with E-state index in [0.29, 0.717) is 19.3 Å². The van der Waals surface area contributed by atoms with E-state index < -0.39 is 0 Å². The maximum atomic E-state index is 12.1. The van der Waals surface area contributed by atoms with Crippen LogP contribution in [-0.2, 0) is 19.1 Å². The molecule has 3 atom stereocenters. The summed E-state index contributed by atoms with van der Waals surface area (Å²) in [4.78, 5) is 23.9. The number of esters is 2. The lowest BCUT2D eigenvalue weighted by atomic mass is 9.71. The van der Waals surface area contributed by atoms with Gasteiger partial charge >= 0.3 is 11.9 Å². The van der Waals surface area contributed by atoms with Crippen LogP contribution in [0.1, 0.15) is 30.7 Å². The molecule has 1 fully saturated rings. The van der Waals surface area contributed by atoms with E-state index in [2.05, 4.69) is 0 Å². The number of methoxy groups -OCH3 is 3. The van der Waals surface area contributed by atoms with Gasteiger partial charge in [-0.1, -0.05) is 12.1 Å². The molecular weight excluding hydrogens is 284 g/mol. The van der Waals surface area contributed by atoms with Crippen LogP contribution in [-0.4, -0.2) is 33.3 Å². The first-order valence-electron chi connectivity index (χ1n) is 7.40. The molecule has 0 amide bonds. The van der Waals surface area contributed by atoms with Gasteiger partial charge in [0.25, 0.3) is 0 Å². The first kappa shape index (κ1) is 16.3. The van der Waals surface area contributed by atoms with Crippen molar-refractivity contribution < 1.29 is 23.8 Å². The highest BCUT2D eigenvalue weighted by atomic mass is 16.5. The van der Waals surface area contributed by atoms with E-state index in [4.69, 9.17) is 14.2 Å². The van der Waals surface area contributed by atoms with Gasteiger partial charge < -0.3 is 14.2 Å². The van der Waals surface area contributed by atoms with Gasteiger partial charge in [-0.2, -0.15) is 0 Å². The number of benzene rings is 1. The second-order valence-corrected chi connectivity index (χ2v) is 5.54. The van der Waals surface area contributed by atoms with Gasteiger partial charge in [0, 0.05) is 0 Å². The van der Waals surface area contributed by atoms with E-state index in [1.165, 1.54) is 14.2 Å². The van der Waals surface area contributed by atoms with Crippen molar-refractivity contribution >= 4 is 11.9 Å². The van der Waals surface area contributed by atoms with Crippen LogP contribution < -0.4 is 4.74 Å². The van der Waals surface area contributed by atoms with Crippen LogP contribution in [0, 0.1) is 11.8 Å². The Morgan fingerprint density at radius 3 is 2.14 bits per heavy atom. The molecule has 22 heavy (non-hydrogen) atoms. The van der Waals surface area contributed by atoms with Crippen molar-refractivity contribution in [1.82, 2.24) is 0 Å². The molecule has 0 aliphatic heterocycles. The summed E-state index contributed by atoms with van der Waals surface area (Å²) in [6.45, 7) is 0. The van der Waals surface area contributed by atoms with Crippen LogP contribution in [0.15, 0.2) is 24.3 Å². The molecule has 0 aromatic heterocycles. The molecule has 1 saturated carbocycles. The largest absolute Gasteiger partial charge is 0.497 e. The van der Waals surface area contributed by atoms with Crippen LogP contribution in [0.2, 0.25) is 0 Å².